The van der Waals surface area contributed by atoms with Crippen molar-refractivity contribution in [1.82, 2.24) is 9.03 Å². The molecule has 7 nitrogen and oxygen atoms in total. The first kappa shape index (κ1) is 17.0. The van der Waals surface area contributed by atoms with Crippen LogP contribution in [0.15, 0.2) is 24.3 Å². The van der Waals surface area contributed by atoms with Gasteiger partial charge >= 0.3 is 16.3 Å². The second-order valence-corrected chi connectivity index (χ2v) is 5.84. The number of amides is 1. The topological polar surface area (TPSA) is 102 Å². The summed E-state index contributed by atoms with van der Waals surface area (Å²) in [5, 5.41) is 0. The second-order valence-electron chi connectivity index (χ2n) is 4.06. The minimum Gasteiger partial charge on any atom is -0.452 e. The van der Waals surface area contributed by atoms with E-state index >= 15 is 0 Å². The van der Waals surface area contributed by atoms with Crippen molar-refractivity contribution >= 4 is 16.3 Å². The lowest BCUT2D eigenvalue weighted by molar-refractivity contribution is 0.177. The van der Waals surface area contributed by atoms with Gasteiger partial charge in [0.25, 0.3) is 0 Å². The zero-order chi connectivity index (χ0) is 15.9. The molecule has 3 N–H and O–H groups in total. The van der Waals surface area contributed by atoms with Crippen molar-refractivity contribution in [2.75, 3.05) is 20.7 Å². The molecule has 0 radical (unpaired) electrons. The first-order valence-electron chi connectivity index (χ1n) is 5.99. The van der Waals surface area contributed by atoms with Gasteiger partial charge in [-0.3, -0.25) is 0 Å². The van der Waals surface area contributed by atoms with Crippen LogP contribution in [0.2, 0.25) is 0 Å². The minimum absolute atomic E-state index is 0.108. The smallest absolute Gasteiger partial charge is 0.421 e. The molecule has 0 unspecified atom stereocenters. The number of hydrogen-bond donors (Lipinski definition) is 2. The quantitative estimate of drug-likeness (QED) is 0.764. The molecule has 0 saturated heterocycles. The number of methoxy groups -OCH3 is 1. The van der Waals surface area contributed by atoms with E-state index in [0.717, 1.165) is 22.5 Å². The molecule has 1 rings (SSSR count). The van der Waals surface area contributed by atoms with Gasteiger partial charge in [0.1, 0.15) is 0 Å². The maximum absolute atomic E-state index is 11.8. The molecular formula is C13H17N3O4S. The van der Waals surface area contributed by atoms with Crippen LogP contribution in [0.3, 0.4) is 0 Å². The van der Waals surface area contributed by atoms with Gasteiger partial charge in [-0.1, -0.05) is 24.0 Å². The number of ether oxygens (including phenoxy) is 1. The van der Waals surface area contributed by atoms with E-state index in [1.54, 1.807) is 29.0 Å². The van der Waals surface area contributed by atoms with E-state index in [-0.39, 0.29) is 13.1 Å². The zero-order valence-electron chi connectivity index (χ0n) is 11.8. The highest BCUT2D eigenvalue weighted by Crippen LogP contribution is 2.08. The Balaban J connectivity index is 2.74. The van der Waals surface area contributed by atoms with E-state index in [1.807, 2.05) is 0 Å². The zero-order valence-corrected chi connectivity index (χ0v) is 12.6. The average Bonchev–Trinajstić information content (AvgIpc) is 2.45. The molecule has 1 aromatic carbocycles. The Hall–Kier alpha value is -2.08. The lowest BCUT2D eigenvalue weighted by Gasteiger charge is -2.17. The summed E-state index contributed by atoms with van der Waals surface area (Å²) in [6.45, 7) is 0.388. The summed E-state index contributed by atoms with van der Waals surface area (Å²) in [6, 6.07) is 7.05. The van der Waals surface area contributed by atoms with E-state index in [2.05, 4.69) is 16.6 Å². The van der Waals surface area contributed by atoms with Crippen molar-refractivity contribution < 1.29 is 17.9 Å². The Bertz CT molecular complexity index is 644. The van der Waals surface area contributed by atoms with Crippen molar-refractivity contribution in [2.45, 2.75) is 6.54 Å². The molecule has 1 aromatic rings. The van der Waals surface area contributed by atoms with E-state index in [1.165, 1.54) is 7.05 Å². The second kappa shape index (κ2) is 7.64. The van der Waals surface area contributed by atoms with Crippen molar-refractivity contribution in [3.05, 3.63) is 35.4 Å². The third-order valence-corrected chi connectivity index (χ3v) is 3.88. The van der Waals surface area contributed by atoms with Gasteiger partial charge in [0.15, 0.2) is 0 Å². The standard InChI is InChI=1S/C13H17N3O4S/c1-16(21(18,19)15-13(17)20-2)10-12-7-5-11(6-8-12)4-3-9-14/h5-8H,9-10,14H2,1-2H3,(H,15,17). The summed E-state index contributed by atoms with van der Waals surface area (Å²) in [5.41, 5.74) is 6.83. The third kappa shape index (κ3) is 5.43. The fourth-order valence-corrected chi connectivity index (χ4v) is 2.18. The predicted octanol–water partition coefficient (Wildman–Crippen LogP) is 0.0294. The van der Waals surface area contributed by atoms with Gasteiger partial charge in [0.2, 0.25) is 0 Å². The normalized spacial score (nSPS) is 10.7. The van der Waals surface area contributed by atoms with Crippen LogP contribution in [0.5, 0.6) is 0 Å². The Labute approximate surface area is 124 Å². The van der Waals surface area contributed by atoms with Crippen molar-refractivity contribution in [3.8, 4) is 11.8 Å². The van der Waals surface area contributed by atoms with Gasteiger partial charge in [-0.25, -0.2) is 9.52 Å². The Morgan fingerprint density at radius 2 is 2.00 bits per heavy atom. The number of nitrogens with zero attached hydrogens (tertiary/aromatic N) is 1. The molecule has 0 spiro atoms. The minimum atomic E-state index is -3.93. The number of nitrogens with two attached hydrogens (primary N) is 1. The lowest BCUT2D eigenvalue weighted by Crippen LogP contribution is -2.41. The molecule has 0 aliphatic rings. The highest BCUT2D eigenvalue weighted by Gasteiger charge is 2.20. The first-order chi connectivity index (χ1) is 9.89. The Kier molecular flexibility index (Phi) is 6.17. The molecular weight excluding hydrogens is 294 g/mol. The van der Waals surface area contributed by atoms with Crippen LogP contribution in [0.25, 0.3) is 0 Å². The predicted molar refractivity (Wildman–Crippen MR) is 78.3 cm³/mol. The van der Waals surface area contributed by atoms with Gasteiger partial charge in [-0.05, 0) is 17.7 Å². The highest BCUT2D eigenvalue weighted by molar-refractivity contribution is 7.87. The number of benzene rings is 1. The fraction of sp³-hybridized carbons (Fsp3) is 0.308. The number of nitrogens with one attached hydrogen (secondary N) is 1. The molecule has 0 aliphatic carbocycles. The number of carbonyl (C=O) groups is 1. The Morgan fingerprint density at radius 1 is 1.38 bits per heavy atom. The van der Waals surface area contributed by atoms with Crippen LogP contribution in [0.1, 0.15) is 11.1 Å². The fourth-order valence-electron chi connectivity index (χ4n) is 1.41. The van der Waals surface area contributed by atoms with Gasteiger partial charge in [-0.15, -0.1) is 0 Å². The summed E-state index contributed by atoms with van der Waals surface area (Å²) in [5.74, 6) is 5.60. The molecule has 0 saturated carbocycles. The monoisotopic (exact) mass is 311 g/mol. The molecule has 0 fully saturated rings. The van der Waals surface area contributed by atoms with Crippen molar-refractivity contribution in [2.24, 2.45) is 5.73 Å². The maximum Gasteiger partial charge on any atom is 0.421 e. The molecule has 0 bridgehead atoms. The van der Waals surface area contributed by atoms with Gasteiger partial charge in [-0.2, -0.15) is 12.7 Å². The summed E-state index contributed by atoms with van der Waals surface area (Å²) in [7, 11) is -1.49. The third-order valence-electron chi connectivity index (χ3n) is 2.50. The maximum atomic E-state index is 11.8. The van der Waals surface area contributed by atoms with E-state index in [4.69, 9.17) is 5.73 Å². The van der Waals surface area contributed by atoms with Crippen LogP contribution in [-0.4, -0.2) is 39.5 Å². The lowest BCUT2D eigenvalue weighted by atomic mass is 10.1. The summed E-state index contributed by atoms with van der Waals surface area (Å²) < 4.78 is 30.6. The number of rotatable bonds is 4. The molecule has 8 heteroatoms. The van der Waals surface area contributed by atoms with Crippen LogP contribution in [0, 0.1) is 11.8 Å². The number of carbonyl (C=O) groups excluding carboxylic acids is 1. The molecule has 0 heterocycles. The summed E-state index contributed by atoms with van der Waals surface area (Å²) in [6.07, 6.45) is -1.03. The molecule has 0 aliphatic heterocycles. The Morgan fingerprint density at radius 3 is 2.52 bits per heavy atom. The number of hydrogen-bond acceptors (Lipinski definition) is 5. The average molecular weight is 311 g/mol. The molecule has 21 heavy (non-hydrogen) atoms. The van der Waals surface area contributed by atoms with Crippen LogP contribution in [0.4, 0.5) is 4.79 Å². The van der Waals surface area contributed by atoms with Crippen molar-refractivity contribution in [3.63, 3.8) is 0 Å². The van der Waals surface area contributed by atoms with E-state index in [0.29, 0.717) is 0 Å². The van der Waals surface area contributed by atoms with Gasteiger partial charge < -0.3 is 10.5 Å². The van der Waals surface area contributed by atoms with Gasteiger partial charge in [0.05, 0.1) is 13.7 Å². The first-order valence-corrected chi connectivity index (χ1v) is 7.43. The van der Waals surface area contributed by atoms with Crippen LogP contribution < -0.4 is 10.5 Å². The SMILES string of the molecule is COC(=O)NS(=O)(=O)N(C)Cc1ccc(C#CCN)cc1. The van der Waals surface area contributed by atoms with Gasteiger partial charge in [0, 0.05) is 19.2 Å². The highest BCUT2D eigenvalue weighted by atomic mass is 32.2. The summed E-state index contributed by atoms with van der Waals surface area (Å²) >= 11 is 0. The van der Waals surface area contributed by atoms with Crippen molar-refractivity contribution in [1.29, 1.82) is 0 Å². The molecule has 1 amide bonds. The van der Waals surface area contributed by atoms with Crippen LogP contribution >= 0.6 is 0 Å². The molecule has 0 aromatic heterocycles. The molecule has 0 atom stereocenters. The molecule has 114 valence electrons. The van der Waals surface area contributed by atoms with E-state index in [9.17, 15) is 13.2 Å². The van der Waals surface area contributed by atoms with E-state index < -0.39 is 16.3 Å². The van der Waals surface area contributed by atoms with Crippen LogP contribution in [-0.2, 0) is 21.5 Å². The summed E-state index contributed by atoms with van der Waals surface area (Å²) in [4.78, 5) is 11.0. The largest absolute Gasteiger partial charge is 0.452 e.